The minimum atomic E-state index is -0.167. The molecule has 0 saturated carbocycles. The van der Waals surface area contributed by atoms with Gasteiger partial charge in [-0.2, -0.15) is 0 Å². The summed E-state index contributed by atoms with van der Waals surface area (Å²) in [5.41, 5.74) is 0.311. The van der Waals surface area contributed by atoms with Gasteiger partial charge in [-0.15, -0.1) is 0 Å². The number of carbonyl (C=O) groups excluding carboxylic acids is 1. The first kappa shape index (κ1) is 15.7. The summed E-state index contributed by atoms with van der Waals surface area (Å²) in [6.07, 6.45) is 0. The first-order valence-electron chi connectivity index (χ1n) is 5.50. The van der Waals surface area contributed by atoms with Gasteiger partial charge in [0.2, 0.25) is 0 Å². The number of hydrogen-bond donors (Lipinski definition) is 1. The highest BCUT2D eigenvalue weighted by Crippen LogP contribution is 2.30. The van der Waals surface area contributed by atoms with Gasteiger partial charge < -0.3 is 5.11 Å². The SMILES string of the molecule is CCN(CCO)CC(=O)c1cc(Cl)cc(Cl)c1Cl. The molecular weight excluding hydrogens is 296 g/mol. The van der Waals surface area contributed by atoms with Crippen LogP contribution in [0.1, 0.15) is 17.3 Å². The molecule has 0 spiro atoms. The molecule has 18 heavy (non-hydrogen) atoms. The number of carbonyl (C=O) groups is 1. The molecule has 1 rings (SSSR count). The number of ketones is 1. The quantitative estimate of drug-likeness (QED) is 0.648. The lowest BCUT2D eigenvalue weighted by Gasteiger charge is -2.18. The molecule has 0 atom stereocenters. The van der Waals surface area contributed by atoms with Crippen LogP contribution >= 0.6 is 34.8 Å². The minimum absolute atomic E-state index is 0.00511. The number of Topliss-reactive ketones (excluding diaryl/α,β-unsaturated/α-hetero) is 1. The monoisotopic (exact) mass is 309 g/mol. The van der Waals surface area contributed by atoms with Gasteiger partial charge in [0, 0.05) is 17.1 Å². The van der Waals surface area contributed by atoms with Crippen LogP contribution in [0.15, 0.2) is 12.1 Å². The molecule has 0 amide bonds. The van der Waals surface area contributed by atoms with Crippen molar-refractivity contribution in [2.45, 2.75) is 6.92 Å². The van der Waals surface area contributed by atoms with Crippen LogP contribution in [0.25, 0.3) is 0 Å². The first-order valence-corrected chi connectivity index (χ1v) is 6.64. The number of halogens is 3. The number of rotatable bonds is 6. The van der Waals surface area contributed by atoms with Crippen LogP contribution in [0, 0.1) is 0 Å². The highest BCUT2D eigenvalue weighted by atomic mass is 35.5. The Kier molecular flexibility index (Phi) is 6.39. The lowest BCUT2D eigenvalue weighted by atomic mass is 10.1. The smallest absolute Gasteiger partial charge is 0.178 e. The molecule has 1 N–H and O–H groups in total. The van der Waals surface area contributed by atoms with Gasteiger partial charge in [-0.05, 0) is 18.7 Å². The third kappa shape index (κ3) is 4.11. The second-order valence-electron chi connectivity index (χ2n) is 3.76. The maximum Gasteiger partial charge on any atom is 0.178 e. The van der Waals surface area contributed by atoms with E-state index >= 15 is 0 Å². The van der Waals surface area contributed by atoms with E-state index in [-0.39, 0.29) is 29.0 Å². The summed E-state index contributed by atoms with van der Waals surface area (Å²) in [6.45, 7) is 3.19. The van der Waals surface area contributed by atoms with Crippen LogP contribution in [0.4, 0.5) is 0 Å². The van der Waals surface area contributed by atoms with Gasteiger partial charge in [0.1, 0.15) is 0 Å². The van der Waals surface area contributed by atoms with E-state index in [4.69, 9.17) is 39.9 Å². The molecule has 0 aliphatic rings. The number of likely N-dealkylation sites (N-methyl/N-ethyl adjacent to an activating group) is 1. The van der Waals surface area contributed by atoms with Crippen molar-refractivity contribution in [3.63, 3.8) is 0 Å². The second kappa shape index (κ2) is 7.31. The number of benzene rings is 1. The summed E-state index contributed by atoms with van der Waals surface area (Å²) in [5, 5.41) is 9.72. The fourth-order valence-electron chi connectivity index (χ4n) is 1.54. The highest BCUT2D eigenvalue weighted by molar-refractivity contribution is 6.45. The fraction of sp³-hybridized carbons (Fsp3) is 0.417. The molecule has 1 aromatic rings. The summed E-state index contributed by atoms with van der Waals surface area (Å²) in [6, 6.07) is 3.00. The maximum atomic E-state index is 12.1. The van der Waals surface area contributed by atoms with Gasteiger partial charge in [0.05, 0.1) is 23.2 Å². The van der Waals surface area contributed by atoms with Gasteiger partial charge in [0.25, 0.3) is 0 Å². The van der Waals surface area contributed by atoms with Crippen LogP contribution in [0.5, 0.6) is 0 Å². The Hall–Kier alpha value is -0.320. The predicted octanol–water partition coefficient (Wildman–Crippen LogP) is 3.14. The number of nitrogens with zero attached hydrogens (tertiary/aromatic N) is 1. The van der Waals surface area contributed by atoms with Gasteiger partial charge in [-0.1, -0.05) is 41.7 Å². The zero-order valence-corrected chi connectivity index (χ0v) is 12.2. The summed E-state index contributed by atoms with van der Waals surface area (Å²) in [4.78, 5) is 13.9. The number of hydrogen-bond acceptors (Lipinski definition) is 3. The molecule has 0 aliphatic heterocycles. The predicted molar refractivity (Wildman–Crippen MR) is 75.0 cm³/mol. The average Bonchev–Trinajstić information content (AvgIpc) is 2.32. The maximum absolute atomic E-state index is 12.1. The van der Waals surface area contributed by atoms with E-state index in [1.807, 2.05) is 11.8 Å². The van der Waals surface area contributed by atoms with Crippen LogP contribution in [-0.2, 0) is 0 Å². The standard InChI is InChI=1S/C12H14Cl3NO2/c1-2-16(3-4-17)7-11(18)9-5-8(13)6-10(14)12(9)15/h5-6,17H,2-4,7H2,1H3. The van der Waals surface area contributed by atoms with E-state index in [0.29, 0.717) is 23.7 Å². The molecule has 1 aromatic carbocycles. The Morgan fingerprint density at radius 1 is 1.33 bits per heavy atom. The van der Waals surface area contributed by atoms with Crippen LogP contribution < -0.4 is 0 Å². The third-order valence-corrected chi connectivity index (χ3v) is 3.54. The van der Waals surface area contributed by atoms with Crippen molar-refractivity contribution in [2.75, 3.05) is 26.2 Å². The molecule has 0 bridgehead atoms. The number of aliphatic hydroxyl groups excluding tert-OH is 1. The van der Waals surface area contributed by atoms with E-state index in [1.165, 1.54) is 12.1 Å². The molecule has 0 aliphatic carbocycles. The van der Waals surface area contributed by atoms with Crippen molar-refractivity contribution < 1.29 is 9.90 Å². The summed E-state index contributed by atoms with van der Waals surface area (Å²) < 4.78 is 0. The van der Waals surface area contributed by atoms with Crippen LogP contribution in [0.3, 0.4) is 0 Å². The lowest BCUT2D eigenvalue weighted by molar-refractivity contribution is 0.0920. The van der Waals surface area contributed by atoms with E-state index in [1.54, 1.807) is 0 Å². The molecule has 3 nitrogen and oxygen atoms in total. The van der Waals surface area contributed by atoms with Crippen molar-refractivity contribution in [1.29, 1.82) is 0 Å². The average molecular weight is 311 g/mol. The minimum Gasteiger partial charge on any atom is -0.395 e. The van der Waals surface area contributed by atoms with Gasteiger partial charge in [0.15, 0.2) is 5.78 Å². The lowest BCUT2D eigenvalue weighted by Crippen LogP contribution is -2.32. The molecule has 0 radical (unpaired) electrons. The number of aliphatic hydroxyl groups is 1. The largest absolute Gasteiger partial charge is 0.395 e. The summed E-state index contributed by atoms with van der Waals surface area (Å²) in [5.74, 6) is -0.167. The molecule has 0 unspecified atom stereocenters. The Balaban J connectivity index is 2.90. The Bertz CT molecular complexity index is 438. The van der Waals surface area contributed by atoms with E-state index in [2.05, 4.69) is 0 Å². The normalized spacial score (nSPS) is 11.0. The van der Waals surface area contributed by atoms with Crippen LogP contribution in [0.2, 0.25) is 15.1 Å². The van der Waals surface area contributed by atoms with E-state index in [0.717, 1.165) is 0 Å². The zero-order valence-electron chi connectivity index (χ0n) is 9.92. The molecule has 0 saturated heterocycles. The van der Waals surface area contributed by atoms with Crippen molar-refractivity contribution in [3.05, 3.63) is 32.8 Å². The van der Waals surface area contributed by atoms with Crippen molar-refractivity contribution in [2.24, 2.45) is 0 Å². The Morgan fingerprint density at radius 3 is 2.56 bits per heavy atom. The van der Waals surface area contributed by atoms with Crippen LogP contribution in [-0.4, -0.2) is 42.0 Å². The van der Waals surface area contributed by atoms with Crippen molar-refractivity contribution in [3.8, 4) is 0 Å². The zero-order chi connectivity index (χ0) is 13.7. The third-order valence-electron chi connectivity index (χ3n) is 2.52. The molecule has 6 heteroatoms. The molecular formula is C12H14Cl3NO2. The van der Waals surface area contributed by atoms with E-state index in [9.17, 15) is 4.79 Å². The summed E-state index contributed by atoms with van der Waals surface area (Å²) >= 11 is 17.7. The van der Waals surface area contributed by atoms with Gasteiger partial charge in [-0.3, -0.25) is 9.69 Å². The first-order chi connectivity index (χ1) is 8.49. The fourth-order valence-corrected chi connectivity index (χ4v) is 2.25. The van der Waals surface area contributed by atoms with Gasteiger partial charge in [-0.25, -0.2) is 0 Å². The Labute approximate surface area is 121 Å². The topological polar surface area (TPSA) is 40.5 Å². The molecule has 100 valence electrons. The second-order valence-corrected chi connectivity index (χ2v) is 4.99. The van der Waals surface area contributed by atoms with Crippen molar-refractivity contribution >= 4 is 40.6 Å². The van der Waals surface area contributed by atoms with Gasteiger partial charge >= 0.3 is 0 Å². The molecule has 0 heterocycles. The van der Waals surface area contributed by atoms with Crippen molar-refractivity contribution in [1.82, 2.24) is 4.90 Å². The summed E-state index contributed by atoms with van der Waals surface area (Å²) in [7, 11) is 0. The molecule has 0 aromatic heterocycles. The Morgan fingerprint density at radius 2 is 2.00 bits per heavy atom. The van der Waals surface area contributed by atoms with E-state index < -0.39 is 0 Å². The molecule has 0 fully saturated rings. The highest BCUT2D eigenvalue weighted by Gasteiger charge is 2.16.